The molecular formula is C11H14N2O4. The molecule has 1 aromatic carbocycles. The minimum absolute atomic E-state index is 0.419. The Balaban J connectivity index is 2.95. The first-order chi connectivity index (χ1) is 8.12. The molecule has 0 radical (unpaired) electrons. The maximum atomic E-state index is 11.5. The predicted molar refractivity (Wildman–Crippen MR) is 62.4 cm³/mol. The van der Waals surface area contributed by atoms with Crippen LogP contribution in [0.5, 0.6) is 11.5 Å². The van der Waals surface area contributed by atoms with Gasteiger partial charge < -0.3 is 14.8 Å². The van der Waals surface area contributed by atoms with Crippen LogP contribution in [-0.2, 0) is 4.79 Å². The van der Waals surface area contributed by atoms with Gasteiger partial charge in [-0.2, -0.15) is 0 Å². The first-order valence-electron chi connectivity index (χ1n) is 4.83. The molecule has 1 rings (SSSR count). The van der Waals surface area contributed by atoms with Gasteiger partial charge in [-0.05, 0) is 12.1 Å². The van der Waals surface area contributed by atoms with Crippen LogP contribution in [0.3, 0.4) is 0 Å². The van der Waals surface area contributed by atoms with Crippen LogP contribution in [0.2, 0.25) is 0 Å². The molecule has 0 fully saturated rings. The Morgan fingerprint density at radius 2 is 2.06 bits per heavy atom. The maximum absolute atomic E-state index is 11.5. The zero-order chi connectivity index (χ0) is 12.8. The number of anilines is 1. The first-order valence-corrected chi connectivity index (χ1v) is 4.83. The molecule has 1 N–H and O–H groups in total. The summed E-state index contributed by atoms with van der Waals surface area (Å²) < 4.78 is 10.1. The summed E-state index contributed by atoms with van der Waals surface area (Å²) >= 11 is 0. The Morgan fingerprint density at radius 3 is 2.59 bits per heavy atom. The average Bonchev–Trinajstić information content (AvgIpc) is 2.37. The van der Waals surface area contributed by atoms with Crippen LogP contribution in [0.1, 0.15) is 0 Å². The van der Waals surface area contributed by atoms with Crippen molar-refractivity contribution in [1.29, 1.82) is 0 Å². The zero-order valence-electron chi connectivity index (χ0n) is 9.89. The van der Waals surface area contributed by atoms with E-state index in [9.17, 15) is 9.59 Å². The molecule has 0 spiro atoms. The Kier molecular flexibility index (Phi) is 4.33. The fourth-order valence-electron chi connectivity index (χ4n) is 1.16. The highest BCUT2D eigenvalue weighted by atomic mass is 16.5. The molecule has 0 saturated carbocycles. The number of methoxy groups -OCH3 is 2. The molecule has 0 heterocycles. The van der Waals surface area contributed by atoms with E-state index in [4.69, 9.17) is 9.47 Å². The van der Waals surface area contributed by atoms with Crippen molar-refractivity contribution >= 4 is 18.1 Å². The highest BCUT2D eigenvalue weighted by molar-refractivity contribution is 5.96. The van der Waals surface area contributed by atoms with Crippen LogP contribution in [0.25, 0.3) is 0 Å². The highest BCUT2D eigenvalue weighted by Crippen LogP contribution is 2.28. The number of nitrogens with zero attached hydrogens (tertiary/aromatic N) is 1. The number of urea groups is 1. The number of amides is 3. The lowest BCUT2D eigenvalue weighted by atomic mass is 10.2. The van der Waals surface area contributed by atoms with Crippen LogP contribution in [0.15, 0.2) is 18.2 Å². The topological polar surface area (TPSA) is 67.9 Å². The van der Waals surface area contributed by atoms with Crippen molar-refractivity contribution in [3.05, 3.63) is 18.2 Å². The van der Waals surface area contributed by atoms with E-state index in [0.717, 1.165) is 4.90 Å². The Bertz CT molecular complexity index is 420. The number of benzene rings is 1. The van der Waals surface area contributed by atoms with Crippen LogP contribution in [-0.4, -0.2) is 38.6 Å². The van der Waals surface area contributed by atoms with Crippen LogP contribution in [0, 0.1) is 0 Å². The van der Waals surface area contributed by atoms with Gasteiger partial charge in [0.2, 0.25) is 6.41 Å². The predicted octanol–water partition coefficient (Wildman–Crippen LogP) is 1.32. The maximum Gasteiger partial charge on any atom is 0.328 e. The number of hydrogen-bond donors (Lipinski definition) is 1. The van der Waals surface area contributed by atoms with E-state index in [2.05, 4.69) is 5.32 Å². The van der Waals surface area contributed by atoms with Gasteiger partial charge in [0.25, 0.3) is 0 Å². The van der Waals surface area contributed by atoms with Gasteiger partial charge in [-0.25, -0.2) is 4.79 Å². The van der Waals surface area contributed by atoms with Gasteiger partial charge in [-0.15, -0.1) is 0 Å². The molecule has 0 bridgehead atoms. The van der Waals surface area contributed by atoms with Gasteiger partial charge >= 0.3 is 6.03 Å². The summed E-state index contributed by atoms with van der Waals surface area (Å²) in [6, 6.07) is 4.43. The summed E-state index contributed by atoms with van der Waals surface area (Å²) in [6.45, 7) is 0. The Hall–Kier alpha value is -2.24. The average molecular weight is 238 g/mol. The number of carbonyl (C=O) groups excluding carboxylic acids is 2. The van der Waals surface area contributed by atoms with Gasteiger partial charge in [0, 0.05) is 13.1 Å². The summed E-state index contributed by atoms with van der Waals surface area (Å²) in [7, 11) is 4.36. The summed E-state index contributed by atoms with van der Waals surface area (Å²) in [5.41, 5.74) is 0.436. The second-order valence-corrected chi connectivity index (χ2v) is 3.21. The van der Waals surface area contributed by atoms with Gasteiger partial charge in [0.05, 0.1) is 19.9 Å². The van der Waals surface area contributed by atoms with Crippen molar-refractivity contribution in [3.63, 3.8) is 0 Å². The van der Waals surface area contributed by atoms with Crippen molar-refractivity contribution in [2.75, 3.05) is 26.6 Å². The lowest BCUT2D eigenvalue weighted by Crippen LogP contribution is -2.30. The van der Waals surface area contributed by atoms with Gasteiger partial charge in [0.15, 0.2) is 0 Å². The summed E-state index contributed by atoms with van der Waals surface area (Å²) in [4.78, 5) is 22.8. The molecule has 17 heavy (non-hydrogen) atoms. The fraction of sp³-hybridized carbons (Fsp3) is 0.273. The van der Waals surface area contributed by atoms with E-state index < -0.39 is 6.03 Å². The minimum atomic E-state index is -0.549. The molecule has 3 amide bonds. The van der Waals surface area contributed by atoms with Gasteiger partial charge in [-0.3, -0.25) is 9.69 Å². The van der Waals surface area contributed by atoms with Crippen molar-refractivity contribution < 1.29 is 19.1 Å². The molecule has 1 aromatic rings. The van der Waals surface area contributed by atoms with Crippen LogP contribution in [0.4, 0.5) is 10.5 Å². The zero-order valence-corrected chi connectivity index (χ0v) is 9.89. The second kappa shape index (κ2) is 5.74. The number of rotatable bonds is 4. The minimum Gasteiger partial charge on any atom is -0.497 e. The van der Waals surface area contributed by atoms with Crippen molar-refractivity contribution in [1.82, 2.24) is 4.90 Å². The molecule has 6 heteroatoms. The third-order valence-electron chi connectivity index (χ3n) is 2.13. The highest BCUT2D eigenvalue weighted by Gasteiger charge is 2.11. The van der Waals surface area contributed by atoms with E-state index in [1.165, 1.54) is 21.3 Å². The molecule has 0 saturated heterocycles. The molecule has 0 aromatic heterocycles. The van der Waals surface area contributed by atoms with Crippen molar-refractivity contribution in [2.45, 2.75) is 0 Å². The van der Waals surface area contributed by atoms with Gasteiger partial charge in [0.1, 0.15) is 11.5 Å². The van der Waals surface area contributed by atoms with E-state index in [1.54, 1.807) is 18.2 Å². The second-order valence-electron chi connectivity index (χ2n) is 3.21. The number of hydrogen-bond acceptors (Lipinski definition) is 4. The lowest BCUT2D eigenvalue weighted by molar-refractivity contribution is -0.114. The van der Waals surface area contributed by atoms with E-state index >= 15 is 0 Å². The summed E-state index contributed by atoms with van der Waals surface area (Å²) in [5.74, 6) is 1.06. The first kappa shape index (κ1) is 12.8. The molecule has 6 nitrogen and oxygen atoms in total. The number of carbonyl (C=O) groups is 2. The standard InChI is InChI=1S/C11H14N2O4/c1-13(7-14)11(15)12-9-6-8(16-2)4-5-10(9)17-3/h4-7H,1-3H3,(H,12,15). The Labute approximate surface area is 99.1 Å². The molecule has 0 unspecified atom stereocenters. The molecule has 0 aliphatic heterocycles. The summed E-state index contributed by atoms with van der Waals surface area (Å²) in [5, 5.41) is 2.54. The van der Waals surface area contributed by atoms with Crippen molar-refractivity contribution in [2.24, 2.45) is 0 Å². The van der Waals surface area contributed by atoms with Crippen molar-refractivity contribution in [3.8, 4) is 11.5 Å². The molecule has 0 aliphatic carbocycles. The monoisotopic (exact) mass is 238 g/mol. The number of ether oxygens (including phenoxy) is 2. The van der Waals surface area contributed by atoms with Crippen LogP contribution < -0.4 is 14.8 Å². The molecular weight excluding hydrogens is 224 g/mol. The number of nitrogens with one attached hydrogen (secondary N) is 1. The Morgan fingerprint density at radius 1 is 1.35 bits per heavy atom. The number of imide groups is 1. The smallest absolute Gasteiger partial charge is 0.328 e. The molecule has 0 aliphatic rings. The van der Waals surface area contributed by atoms with E-state index in [1.807, 2.05) is 0 Å². The fourth-order valence-corrected chi connectivity index (χ4v) is 1.16. The largest absolute Gasteiger partial charge is 0.497 e. The van der Waals surface area contributed by atoms with Crippen LogP contribution >= 0.6 is 0 Å². The lowest BCUT2D eigenvalue weighted by Gasteiger charge is -2.14. The third kappa shape index (κ3) is 3.10. The summed E-state index contributed by atoms with van der Waals surface area (Å²) in [6.07, 6.45) is 0.419. The quantitative estimate of drug-likeness (QED) is 0.803. The van der Waals surface area contributed by atoms with E-state index in [-0.39, 0.29) is 0 Å². The third-order valence-corrected chi connectivity index (χ3v) is 2.13. The van der Waals surface area contributed by atoms with E-state index in [0.29, 0.717) is 23.6 Å². The normalized spacial score (nSPS) is 9.35. The molecule has 0 atom stereocenters. The molecule has 92 valence electrons. The van der Waals surface area contributed by atoms with Gasteiger partial charge in [-0.1, -0.05) is 0 Å². The SMILES string of the molecule is COc1ccc(OC)c(NC(=O)N(C)C=O)c1.